The third kappa shape index (κ3) is 4.48. The number of alkyl carbamates (subject to hydrolysis) is 1. The second-order valence-electron chi connectivity index (χ2n) is 5.80. The van der Waals surface area contributed by atoms with E-state index in [9.17, 15) is 9.59 Å². The van der Waals surface area contributed by atoms with Crippen LogP contribution in [-0.4, -0.2) is 18.4 Å². The number of ketones is 1. The van der Waals surface area contributed by atoms with E-state index in [2.05, 4.69) is 17.2 Å². The summed E-state index contributed by atoms with van der Waals surface area (Å²) in [6.45, 7) is 0.678. The first kappa shape index (κ1) is 16.8. The summed E-state index contributed by atoms with van der Waals surface area (Å²) in [6, 6.07) is 15.2. The molecule has 0 saturated heterocycles. The van der Waals surface area contributed by atoms with Gasteiger partial charge in [0.1, 0.15) is 6.61 Å². The van der Waals surface area contributed by atoms with Crippen LogP contribution in [-0.2, 0) is 17.8 Å². The minimum Gasteiger partial charge on any atom is -0.445 e. The van der Waals surface area contributed by atoms with Crippen LogP contribution in [0, 0.1) is 11.8 Å². The lowest BCUT2D eigenvalue weighted by atomic mass is 10.0. The van der Waals surface area contributed by atoms with E-state index in [4.69, 9.17) is 4.74 Å². The van der Waals surface area contributed by atoms with Crippen LogP contribution < -0.4 is 5.32 Å². The Morgan fingerprint density at radius 1 is 1.08 bits per heavy atom. The molecule has 3 rings (SSSR count). The first-order chi connectivity index (χ1) is 12.2. The Morgan fingerprint density at radius 3 is 2.76 bits per heavy atom. The lowest BCUT2D eigenvalue weighted by molar-refractivity contribution is 0.0994. The standard InChI is InChI=1S/C21H19NO3/c23-20-13-12-18-17(10-6-11-19(18)20)9-4-5-14-22-21(24)25-15-16-7-2-1-3-8-16/h1-3,6-8,10-11H,5,12-15H2,(H,22,24). The van der Waals surface area contributed by atoms with Gasteiger partial charge in [-0.1, -0.05) is 54.3 Å². The van der Waals surface area contributed by atoms with Gasteiger partial charge in [0.2, 0.25) is 0 Å². The average Bonchev–Trinajstić information content (AvgIpc) is 3.02. The van der Waals surface area contributed by atoms with Gasteiger partial charge >= 0.3 is 6.09 Å². The van der Waals surface area contributed by atoms with Gasteiger partial charge in [0, 0.05) is 30.5 Å². The predicted molar refractivity (Wildman–Crippen MR) is 95.2 cm³/mol. The molecular formula is C21H19NO3. The van der Waals surface area contributed by atoms with E-state index in [0.717, 1.165) is 28.7 Å². The van der Waals surface area contributed by atoms with Crippen molar-refractivity contribution < 1.29 is 14.3 Å². The first-order valence-corrected chi connectivity index (χ1v) is 8.32. The summed E-state index contributed by atoms with van der Waals surface area (Å²) in [5.74, 6) is 6.34. The van der Waals surface area contributed by atoms with Gasteiger partial charge in [0.15, 0.2) is 5.78 Å². The lowest BCUT2D eigenvalue weighted by Gasteiger charge is -2.05. The highest BCUT2D eigenvalue weighted by Gasteiger charge is 2.20. The molecular weight excluding hydrogens is 314 g/mol. The van der Waals surface area contributed by atoms with E-state index in [0.29, 0.717) is 19.4 Å². The van der Waals surface area contributed by atoms with Crippen LogP contribution in [0.1, 0.15) is 39.9 Å². The first-order valence-electron chi connectivity index (χ1n) is 8.32. The van der Waals surface area contributed by atoms with Crippen LogP contribution in [0.15, 0.2) is 48.5 Å². The number of Topliss-reactive ketones (excluding diaryl/α,β-unsaturated/α-hetero) is 1. The molecule has 0 unspecified atom stereocenters. The number of carbonyl (C=O) groups is 2. The minimum atomic E-state index is -0.447. The Bertz CT molecular complexity index is 831. The van der Waals surface area contributed by atoms with Crippen LogP contribution in [0.2, 0.25) is 0 Å². The summed E-state index contributed by atoms with van der Waals surface area (Å²) in [5.41, 5.74) is 3.71. The third-order valence-corrected chi connectivity index (χ3v) is 4.03. The fourth-order valence-corrected chi connectivity index (χ4v) is 2.77. The molecule has 4 nitrogen and oxygen atoms in total. The van der Waals surface area contributed by atoms with Gasteiger partial charge in [0.25, 0.3) is 0 Å². The van der Waals surface area contributed by atoms with Crippen LogP contribution in [0.4, 0.5) is 4.79 Å². The number of carbonyl (C=O) groups excluding carboxylic acids is 2. The molecule has 1 aliphatic rings. The molecule has 0 atom stereocenters. The molecule has 0 aliphatic heterocycles. The molecule has 1 amide bonds. The van der Waals surface area contributed by atoms with Crippen molar-refractivity contribution in [1.82, 2.24) is 5.32 Å². The van der Waals surface area contributed by atoms with Crippen LogP contribution in [0.25, 0.3) is 0 Å². The predicted octanol–water partition coefficient (Wildman–Crippen LogP) is 3.48. The molecule has 1 aliphatic carbocycles. The number of nitrogens with one attached hydrogen (secondary N) is 1. The topological polar surface area (TPSA) is 55.4 Å². The maximum atomic E-state index is 11.7. The minimum absolute atomic E-state index is 0.196. The number of ether oxygens (including phenoxy) is 1. The quantitative estimate of drug-likeness (QED) is 0.688. The van der Waals surface area contributed by atoms with E-state index in [-0.39, 0.29) is 12.4 Å². The Balaban J connectivity index is 1.43. The van der Waals surface area contributed by atoms with Crippen molar-refractivity contribution in [3.8, 4) is 11.8 Å². The summed E-state index contributed by atoms with van der Waals surface area (Å²) in [4.78, 5) is 23.3. The summed E-state index contributed by atoms with van der Waals surface area (Å²) in [6.07, 6.45) is 1.42. The van der Waals surface area contributed by atoms with Crippen molar-refractivity contribution >= 4 is 11.9 Å². The second-order valence-corrected chi connectivity index (χ2v) is 5.80. The fourth-order valence-electron chi connectivity index (χ4n) is 2.77. The summed E-state index contributed by atoms with van der Waals surface area (Å²) >= 11 is 0. The zero-order chi connectivity index (χ0) is 17.5. The Labute approximate surface area is 147 Å². The van der Waals surface area contributed by atoms with E-state index in [1.165, 1.54) is 0 Å². The highest BCUT2D eigenvalue weighted by Crippen LogP contribution is 2.24. The van der Waals surface area contributed by atoms with Crippen LogP contribution in [0.5, 0.6) is 0 Å². The van der Waals surface area contributed by atoms with Crippen molar-refractivity contribution in [2.45, 2.75) is 25.9 Å². The molecule has 126 valence electrons. The molecule has 25 heavy (non-hydrogen) atoms. The van der Waals surface area contributed by atoms with Crippen LogP contribution in [0.3, 0.4) is 0 Å². The molecule has 0 radical (unpaired) electrons. The molecule has 0 spiro atoms. The summed E-state index contributed by atoms with van der Waals surface area (Å²) in [5, 5.41) is 2.68. The zero-order valence-corrected chi connectivity index (χ0v) is 13.9. The van der Waals surface area contributed by atoms with Crippen molar-refractivity contribution in [3.05, 3.63) is 70.8 Å². The normalized spacial score (nSPS) is 12.1. The van der Waals surface area contributed by atoms with Crippen molar-refractivity contribution in [3.63, 3.8) is 0 Å². The molecule has 0 fully saturated rings. The summed E-state index contributed by atoms with van der Waals surface area (Å²) < 4.78 is 5.13. The Kier molecular flexibility index (Phi) is 5.48. The lowest BCUT2D eigenvalue weighted by Crippen LogP contribution is -2.24. The SMILES string of the molecule is O=C(NCCC#Cc1cccc2c1CCC2=O)OCc1ccccc1. The van der Waals surface area contributed by atoms with Gasteiger partial charge in [-0.3, -0.25) is 4.79 Å². The van der Waals surface area contributed by atoms with Gasteiger partial charge in [-0.05, 0) is 23.6 Å². The number of hydrogen-bond acceptors (Lipinski definition) is 3. The van der Waals surface area contributed by atoms with Gasteiger partial charge in [-0.25, -0.2) is 4.79 Å². The van der Waals surface area contributed by atoms with Gasteiger partial charge in [-0.2, -0.15) is 0 Å². The molecule has 2 aromatic carbocycles. The maximum absolute atomic E-state index is 11.7. The average molecular weight is 333 g/mol. The number of hydrogen-bond donors (Lipinski definition) is 1. The van der Waals surface area contributed by atoms with Gasteiger partial charge < -0.3 is 10.1 Å². The zero-order valence-electron chi connectivity index (χ0n) is 13.9. The fraction of sp³-hybridized carbons (Fsp3) is 0.238. The number of rotatable bonds is 4. The van der Waals surface area contributed by atoms with Gasteiger partial charge in [0.05, 0.1) is 0 Å². The molecule has 0 aromatic heterocycles. The number of benzene rings is 2. The Morgan fingerprint density at radius 2 is 1.92 bits per heavy atom. The molecule has 0 bridgehead atoms. The molecule has 0 saturated carbocycles. The highest BCUT2D eigenvalue weighted by molar-refractivity contribution is 6.01. The molecule has 0 heterocycles. The van der Waals surface area contributed by atoms with E-state index in [1.54, 1.807) is 0 Å². The largest absolute Gasteiger partial charge is 0.445 e. The van der Waals surface area contributed by atoms with Gasteiger partial charge in [-0.15, -0.1) is 0 Å². The smallest absolute Gasteiger partial charge is 0.407 e. The molecule has 2 aromatic rings. The maximum Gasteiger partial charge on any atom is 0.407 e. The highest BCUT2D eigenvalue weighted by atomic mass is 16.5. The summed E-state index contributed by atoms with van der Waals surface area (Å²) in [7, 11) is 0. The van der Waals surface area contributed by atoms with E-state index in [1.807, 2.05) is 48.5 Å². The third-order valence-electron chi connectivity index (χ3n) is 4.03. The molecule has 4 heteroatoms. The van der Waals surface area contributed by atoms with E-state index >= 15 is 0 Å². The van der Waals surface area contributed by atoms with Crippen molar-refractivity contribution in [2.24, 2.45) is 0 Å². The molecule has 1 N–H and O–H groups in total. The van der Waals surface area contributed by atoms with Crippen LogP contribution >= 0.6 is 0 Å². The Hall–Kier alpha value is -3.06. The number of amides is 1. The monoisotopic (exact) mass is 333 g/mol. The second kappa shape index (κ2) is 8.16. The van der Waals surface area contributed by atoms with E-state index < -0.39 is 6.09 Å². The van der Waals surface area contributed by atoms with Crippen molar-refractivity contribution in [2.75, 3.05) is 6.54 Å². The number of fused-ring (bicyclic) bond motifs is 1. The van der Waals surface area contributed by atoms with Crippen molar-refractivity contribution in [1.29, 1.82) is 0 Å².